The molecule has 0 aliphatic carbocycles. The summed E-state index contributed by atoms with van der Waals surface area (Å²) in [5, 5.41) is 18.3. The Balaban J connectivity index is 1.78. The number of aliphatic hydroxyl groups is 1. The molecule has 0 fully saturated rings. The molecule has 1 heterocycles. The van der Waals surface area contributed by atoms with Gasteiger partial charge < -0.3 is 15.7 Å². The molecule has 1 aromatic heterocycles. The number of rotatable bonds is 5. The second-order valence-electron chi connectivity index (χ2n) is 5.04. The Morgan fingerprint density at radius 2 is 2.09 bits per heavy atom. The van der Waals surface area contributed by atoms with E-state index in [1.54, 1.807) is 13.0 Å². The maximum atomic E-state index is 13.4. The van der Waals surface area contributed by atoms with Crippen molar-refractivity contribution < 1.29 is 19.1 Å². The first-order valence-corrected chi connectivity index (χ1v) is 7.97. The fourth-order valence-electron chi connectivity index (χ4n) is 1.89. The molecule has 122 valence electrons. The van der Waals surface area contributed by atoms with Gasteiger partial charge in [-0.05, 0) is 53.4 Å². The molecule has 1 aromatic carbocycles. The molecule has 0 spiro atoms. The molecule has 2 amide bonds. The molecule has 0 aliphatic heterocycles. The van der Waals surface area contributed by atoms with Gasteiger partial charge in [-0.15, -0.1) is 0 Å². The molecule has 0 saturated carbocycles. The molecule has 5 nitrogen and oxygen atoms in total. The first-order valence-electron chi connectivity index (χ1n) is 7.03. The zero-order chi connectivity index (χ0) is 16.8. The average Bonchev–Trinajstić information content (AvgIpc) is 3.05. The Morgan fingerprint density at radius 1 is 1.30 bits per heavy atom. The Labute approximate surface area is 137 Å². The van der Waals surface area contributed by atoms with E-state index in [0.29, 0.717) is 12.0 Å². The number of nitrogens with one attached hydrogen (secondary N) is 2. The molecule has 7 heteroatoms. The molecule has 0 radical (unpaired) electrons. The number of amides is 2. The largest absolute Gasteiger partial charge is 0.388 e. The van der Waals surface area contributed by atoms with E-state index in [1.807, 2.05) is 10.8 Å². The van der Waals surface area contributed by atoms with Crippen molar-refractivity contribution in [3.8, 4) is 0 Å². The van der Waals surface area contributed by atoms with E-state index in [-0.39, 0.29) is 12.2 Å². The number of hydrogen-bond acceptors (Lipinski definition) is 4. The SMILES string of the molecule is Cc1ccc(NC(=O)C(=O)NCC[C@@H](O)c2ccsc2)cc1F. The second kappa shape index (κ2) is 7.85. The Kier molecular flexibility index (Phi) is 5.84. The Hall–Kier alpha value is -2.25. The van der Waals surface area contributed by atoms with Gasteiger partial charge in [-0.1, -0.05) is 6.07 Å². The summed E-state index contributed by atoms with van der Waals surface area (Å²) >= 11 is 1.47. The average molecular weight is 336 g/mol. The molecular weight excluding hydrogens is 319 g/mol. The van der Waals surface area contributed by atoms with Crippen molar-refractivity contribution in [2.24, 2.45) is 0 Å². The van der Waals surface area contributed by atoms with Crippen LogP contribution in [0, 0.1) is 12.7 Å². The number of aliphatic hydroxyl groups excluding tert-OH is 1. The third-order valence-electron chi connectivity index (χ3n) is 3.27. The van der Waals surface area contributed by atoms with Crippen LogP contribution >= 0.6 is 11.3 Å². The summed E-state index contributed by atoms with van der Waals surface area (Å²) < 4.78 is 13.4. The lowest BCUT2D eigenvalue weighted by Crippen LogP contribution is -2.36. The minimum absolute atomic E-state index is 0.158. The molecule has 0 unspecified atom stereocenters. The van der Waals surface area contributed by atoms with E-state index >= 15 is 0 Å². The molecule has 1 atom stereocenters. The van der Waals surface area contributed by atoms with Crippen LogP contribution in [0.2, 0.25) is 0 Å². The van der Waals surface area contributed by atoms with Crippen LogP contribution in [0.15, 0.2) is 35.0 Å². The van der Waals surface area contributed by atoms with Crippen LogP contribution in [0.4, 0.5) is 10.1 Å². The van der Waals surface area contributed by atoms with Crippen LogP contribution in [0.25, 0.3) is 0 Å². The van der Waals surface area contributed by atoms with Gasteiger partial charge in [0.25, 0.3) is 0 Å². The predicted octanol–water partition coefficient (Wildman–Crippen LogP) is 2.37. The lowest BCUT2D eigenvalue weighted by molar-refractivity contribution is -0.136. The lowest BCUT2D eigenvalue weighted by atomic mass is 10.1. The third kappa shape index (κ3) is 4.87. The molecule has 0 saturated heterocycles. The van der Waals surface area contributed by atoms with Crippen molar-refractivity contribution in [3.05, 3.63) is 52.0 Å². The van der Waals surface area contributed by atoms with Crippen molar-refractivity contribution >= 4 is 28.8 Å². The van der Waals surface area contributed by atoms with Gasteiger partial charge in [0.2, 0.25) is 0 Å². The summed E-state index contributed by atoms with van der Waals surface area (Å²) in [6, 6.07) is 5.99. The standard InChI is InChI=1S/C16H17FN2O3S/c1-10-2-3-12(8-13(10)17)19-16(22)15(21)18-6-4-14(20)11-5-7-23-9-11/h2-3,5,7-9,14,20H,4,6H2,1H3,(H,18,21)(H,19,22)/t14-/m1/s1. The molecule has 2 rings (SSSR count). The first-order chi connectivity index (χ1) is 11.0. The quantitative estimate of drug-likeness (QED) is 0.734. The second-order valence-corrected chi connectivity index (χ2v) is 5.82. The zero-order valence-electron chi connectivity index (χ0n) is 12.5. The number of thiophene rings is 1. The van der Waals surface area contributed by atoms with Crippen molar-refractivity contribution in [1.29, 1.82) is 0 Å². The maximum Gasteiger partial charge on any atom is 0.313 e. The summed E-state index contributed by atoms with van der Waals surface area (Å²) in [6.07, 6.45) is -0.384. The van der Waals surface area contributed by atoms with E-state index in [4.69, 9.17) is 0 Å². The van der Waals surface area contributed by atoms with Crippen LogP contribution in [0.3, 0.4) is 0 Å². The van der Waals surface area contributed by atoms with E-state index < -0.39 is 23.7 Å². The van der Waals surface area contributed by atoms with Crippen molar-refractivity contribution in [2.45, 2.75) is 19.4 Å². The summed E-state index contributed by atoms with van der Waals surface area (Å²) in [5.74, 6) is -2.16. The normalized spacial score (nSPS) is 11.8. The van der Waals surface area contributed by atoms with Gasteiger partial charge in [-0.25, -0.2) is 4.39 Å². The Bertz CT molecular complexity index is 689. The topological polar surface area (TPSA) is 78.4 Å². The number of halogens is 1. The van der Waals surface area contributed by atoms with Crippen LogP contribution in [0.1, 0.15) is 23.7 Å². The number of aryl methyl sites for hydroxylation is 1. The molecule has 0 bridgehead atoms. The lowest BCUT2D eigenvalue weighted by Gasteiger charge is -2.10. The van der Waals surface area contributed by atoms with Gasteiger partial charge in [-0.2, -0.15) is 11.3 Å². The van der Waals surface area contributed by atoms with Crippen LogP contribution in [-0.4, -0.2) is 23.5 Å². The van der Waals surface area contributed by atoms with Crippen molar-refractivity contribution in [3.63, 3.8) is 0 Å². The van der Waals surface area contributed by atoms with Gasteiger partial charge in [0.1, 0.15) is 5.82 Å². The zero-order valence-corrected chi connectivity index (χ0v) is 13.3. The molecular formula is C16H17FN2O3S. The highest BCUT2D eigenvalue weighted by Gasteiger charge is 2.15. The first kappa shape index (κ1) is 17.1. The summed E-state index contributed by atoms with van der Waals surface area (Å²) in [5.41, 5.74) is 1.45. The summed E-state index contributed by atoms with van der Waals surface area (Å²) in [4.78, 5) is 23.4. The molecule has 3 N–H and O–H groups in total. The van der Waals surface area contributed by atoms with Crippen molar-refractivity contribution in [2.75, 3.05) is 11.9 Å². The molecule has 2 aromatic rings. The number of carbonyl (C=O) groups is 2. The highest BCUT2D eigenvalue weighted by atomic mass is 32.1. The summed E-state index contributed by atoms with van der Waals surface area (Å²) in [7, 11) is 0. The van der Waals surface area contributed by atoms with E-state index in [0.717, 1.165) is 11.6 Å². The van der Waals surface area contributed by atoms with Crippen LogP contribution < -0.4 is 10.6 Å². The minimum Gasteiger partial charge on any atom is -0.388 e. The number of benzene rings is 1. The van der Waals surface area contributed by atoms with Crippen LogP contribution in [0.5, 0.6) is 0 Å². The fraction of sp³-hybridized carbons (Fsp3) is 0.250. The predicted molar refractivity (Wildman–Crippen MR) is 86.7 cm³/mol. The molecule has 23 heavy (non-hydrogen) atoms. The number of hydrogen-bond donors (Lipinski definition) is 3. The third-order valence-corrected chi connectivity index (χ3v) is 3.97. The van der Waals surface area contributed by atoms with E-state index in [1.165, 1.54) is 23.5 Å². The number of anilines is 1. The van der Waals surface area contributed by atoms with Crippen molar-refractivity contribution in [1.82, 2.24) is 5.32 Å². The fourth-order valence-corrected chi connectivity index (χ4v) is 2.60. The van der Waals surface area contributed by atoms with Gasteiger partial charge >= 0.3 is 11.8 Å². The van der Waals surface area contributed by atoms with Gasteiger partial charge in [-0.3, -0.25) is 9.59 Å². The van der Waals surface area contributed by atoms with Crippen LogP contribution in [-0.2, 0) is 9.59 Å². The summed E-state index contributed by atoms with van der Waals surface area (Å²) in [6.45, 7) is 1.76. The maximum absolute atomic E-state index is 13.4. The number of carbonyl (C=O) groups excluding carboxylic acids is 2. The van der Waals surface area contributed by atoms with Gasteiger partial charge in [0.15, 0.2) is 0 Å². The van der Waals surface area contributed by atoms with E-state index in [9.17, 15) is 19.1 Å². The minimum atomic E-state index is -0.877. The highest BCUT2D eigenvalue weighted by Crippen LogP contribution is 2.18. The monoisotopic (exact) mass is 336 g/mol. The van der Waals surface area contributed by atoms with E-state index in [2.05, 4.69) is 10.6 Å². The van der Waals surface area contributed by atoms with Gasteiger partial charge in [0.05, 0.1) is 6.10 Å². The molecule has 0 aliphatic rings. The Morgan fingerprint density at radius 3 is 2.74 bits per heavy atom. The smallest absolute Gasteiger partial charge is 0.313 e. The highest BCUT2D eigenvalue weighted by molar-refractivity contribution is 7.07. The van der Waals surface area contributed by atoms with Gasteiger partial charge in [0, 0.05) is 12.2 Å².